The van der Waals surface area contributed by atoms with Gasteiger partial charge in [-0.15, -0.1) is 0 Å². The van der Waals surface area contributed by atoms with E-state index in [-0.39, 0.29) is 23.9 Å². The van der Waals surface area contributed by atoms with Gasteiger partial charge in [0.15, 0.2) is 6.10 Å². The predicted molar refractivity (Wildman–Crippen MR) is 66.4 cm³/mol. The molecule has 102 valence electrons. The Kier molecular flexibility index (Phi) is 3.38. The normalized spacial score (nSPS) is 23.2. The average Bonchev–Trinajstić information content (AvgIpc) is 3.23. The van der Waals surface area contributed by atoms with Crippen molar-refractivity contribution in [3.8, 4) is 5.75 Å². The van der Waals surface area contributed by atoms with E-state index < -0.39 is 0 Å². The van der Waals surface area contributed by atoms with Crippen LogP contribution >= 0.6 is 0 Å². The van der Waals surface area contributed by atoms with Gasteiger partial charge in [0, 0.05) is 32.0 Å². The lowest BCUT2D eigenvalue weighted by Crippen LogP contribution is -2.43. The number of ether oxygens (including phenoxy) is 2. The molecule has 2 aliphatic heterocycles. The van der Waals surface area contributed by atoms with Gasteiger partial charge in [0.2, 0.25) is 0 Å². The maximum atomic E-state index is 13.0. The van der Waals surface area contributed by atoms with Gasteiger partial charge in [0.1, 0.15) is 17.7 Å². The lowest BCUT2D eigenvalue weighted by atomic mass is 10.1. The Morgan fingerprint density at radius 3 is 2.74 bits per heavy atom. The Bertz CT molecular complexity index is 468. The molecule has 5 heteroatoms. The summed E-state index contributed by atoms with van der Waals surface area (Å²) in [7, 11) is 0. The Morgan fingerprint density at radius 1 is 1.37 bits per heavy atom. The highest BCUT2D eigenvalue weighted by Crippen LogP contribution is 2.22. The van der Waals surface area contributed by atoms with E-state index in [4.69, 9.17) is 9.47 Å². The standard InChI is InChI=1S/C14H16FNO3/c15-10-2-1-3-12(8-10)19-11-4-6-16(7-5-11)14(17)13-9-18-13/h1-3,8,11,13H,4-7,9H2. The smallest absolute Gasteiger partial charge is 0.254 e. The van der Waals surface area contributed by atoms with Gasteiger partial charge in [-0.2, -0.15) is 0 Å². The van der Waals surface area contributed by atoms with Crippen molar-refractivity contribution >= 4 is 5.91 Å². The number of benzene rings is 1. The van der Waals surface area contributed by atoms with Gasteiger partial charge < -0.3 is 14.4 Å². The highest BCUT2D eigenvalue weighted by molar-refractivity contribution is 5.83. The number of likely N-dealkylation sites (tertiary alicyclic amines) is 1. The van der Waals surface area contributed by atoms with Crippen molar-refractivity contribution in [1.29, 1.82) is 0 Å². The summed E-state index contributed by atoms with van der Waals surface area (Å²) in [6.45, 7) is 1.91. The SMILES string of the molecule is O=C(C1CO1)N1CCC(Oc2cccc(F)c2)CC1. The Labute approximate surface area is 111 Å². The Morgan fingerprint density at radius 2 is 2.11 bits per heavy atom. The van der Waals surface area contributed by atoms with Crippen LogP contribution in [-0.4, -0.2) is 42.7 Å². The molecule has 1 amide bonds. The summed E-state index contributed by atoms with van der Waals surface area (Å²) in [5.74, 6) is 0.343. The third-order valence-electron chi connectivity index (χ3n) is 3.46. The number of hydrogen-bond donors (Lipinski definition) is 0. The Hall–Kier alpha value is -1.62. The molecule has 0 aliphatic carbocycles. The highest BCUT2D eigenvalue weighted by Gasteiger charge is 2.36. The van der Waals surface area contributed by atoms with Gasteiger partial charge in [0.05, 0.1) is 6.61 Å². The monoisotopic (exact) mass is 265 g/mol. The van der Waals surface area contributed by atoms with Crippen molar-refractivity contribution in [2.24, 2.45) is 0 Å². The Balaban J connectivity index is 1.51. The van der Waals surface area contributed by atoms with E-state index in [0.717, 1.165) is 12.8 Å². The summed E-state index contributed by atoms with van der Waals surface area (Å²) in [5, 5.41) is 0. The maximum Gasteiger partial charge on any atom is 0.254 e. The van der Waals surface area contributed by atoms with Crippen LogP contribution in [0.4, 0.5) is 4.39 Å². The molecule has 3 rings (SSSR count). The van der Waals surface area contributed by atoms with E-state index in [1.807, 2.05) is 4.90 Å². The molecule has 0 radical (unpaired) electrons. The fourth-order valence-corrected chi connectivity index (χ4v) is 2.32. The van der Waals surface area contributed by atoms with E-state index in [1.165, 1.54) is 12.1 Å². The predicted octanol–water partition coefficient (Wildman–Crippen LogP) is 1.59. The van der Waals surface area contributed by atoms with Crippen molar-refractivity contribution in [3.63, 3.8) is 0 Å². The van der Waals surface area contributed by atoms with Crippen LogP contribution in [0.15, 0.2) is 24.3 Å². The zero-order valence-corrected chi connectivity index (χ0v) is 10.5. The van der Waals surface area contributed by atoms with Crippen molar-refractivity contribution in [2.75, 3.05) is 19.7 Å². The first-order valence-electron chi connectivity index (χ1n) is 6.55. The van der Waals surface area contributed by atoms with Crippen LogP contribution in [0.25, 0.3) is 0 Å². The maximum absolute atomic E-state index is 13.0. The first-order valence-corrected chi connectivity index (χ1v) is 6.55. The summed E-state index contributed by atoms with van der Waals surface area (Å²) in [6.07, 6.45) is 1.39. The molecule has 1 unspecified atom stereocenters. The van der Waals surface area contributed by atoms with E-state index in [0.29, 0.717) is 25.4 Å². The molecule has 0 bridgehead atoms. The molecule has 1 atom stereocenters. The van der Waals surface area contributed by atoms with Gasteiger partial charge in [-0.25, -0.2) is 4.39 Å². The number of hydrogen-bond acceptors (Lipinski definition) is 3. The van der Waals surface area contributed by atoms with Crippen LogP contribution in [0, 0.1) is 5.82 Å². The average molecular weight is 265 g/mol. The van der Waals surface area contributed by atoms with Gasteiger partial charge in [-0.1, -0.05) is 6.07 Å². The third kappa shape index (κ3) is 3.04. The highest BCUT2D eigenvalue weighted by atomic mass is 19.1. The van der Waals surface area contributed by atoms with Gasteiger partial charge >= 0.3 is 0 Å². The fraction of sp³-hybridized carbons (Fsp3) is 0.500. The second-order valence-corrected chi connectivity index (χ2v) is 4.92. The molecule has 0 spiro atoms. The summed E-state index contributed by atoms with van der Waals surface area (Å²) in [6, 6.07) is 6.16. The molecular weight excluding hydrogens is 249 g/mol. The van der Waals surface area contributed by atoms with Crippen molar-refractivity contribution in [1.82, 2.24) is 4.90 Å². The molecule has 2 fully saturated rings. The molecule has 19 heavy (non-hydrogen) atoms. The number of carbonyl (C=O) groups excluding carboxylic acids is 1. The van der Waals surface area contributed by atoms with Crippen LogP contribution in [0.3, 0.4) is 0 Å². The van der Waals surface area contributed by atoms with E-state index >= 15 is 0 Å². The van der Waals surface area contributed by atoms with Gasteiger partial charge in [-0.3, -0.25) is 4.79 Å². The number of nitrogens with zero attached hydrogens (tertiary/aromatic N) is 1. The minimum absolute atomic E-state index is 0.0472. The molecule has 2 heterocycles. The van der Waals surface area contributed by atoms with Crippen LogP contribution in [0.2, 0.25) is 0 Å². The number of halogens is 1. The largest absolute Gasteiger partial charge is 0.490 e. The van der Waals surface area contributed by atoms with Gasteiger partial charge in [-0.05, 0) is 12.1 Å². The zero-order valence-electron chi connectivity index (χ0n) is 10.5. The van der Waals surface area contributed by atoms with E-state index in [9.17, 15) is 9.18 Å². The van der Waals surface area contributed by atoms with Crippen molar-refractivity contribution in [3.05, 3.63) is 30.1 Å². The van der Waals surface area contributed by atoms with E-state index in [1.54, 1.807) is 12.1 Å². The number of carbonyl (C=O) groups is 1. The van der Waals surface area contributed by atoms with Crippen LogP contribution in [-0.2, 0) is 9.53 Å². The van der Waals surface area contributed by atoms with Crippen LogP contribution < -0.4 is 4.74 Å². The summed E-state index contributed by atoms with van der Waals surface area (Å²) in [4.78, 5) is 13.6. The molecule has 1 aromatic rings. The first kappa shape index (κ1) is 12.4. The third-order valence-corrected chi connectivity index (χ3v) is 3.46. The number of epoxide rings is 1. The molecule has 0 aromatic heterocycles. The number of rotatable bonds is 3. The topological polar surface area (TPSA) is 42.1 Å². The summed E-state index contributed by atoms with van der Waals surface area (Å²) >= 11 is 0. The van der Waals surface area contributed by atoms with Crippen LogP contribution in [0.1, 0.15) is 12.8 Å². The molecule has 4 nitrogen and oxygen atoms in total. The van der Waals surface area contributed by atoms with Crippen molar-refractivity contribution < 1.29 is 18.7 Å². The van der Waals surface area contributed by atoms with Gasteiger partial charge in [0.25, 0.3) is 5.91 Å². The second kappa shape index (κ2) is 5.17. The first-order chi connectivity index (χ1) is 9.22. The lowest BCUT2D eigenvalue weighted by molar-refractivity contribution is -0.134. The quantitative estimate of drug-likeness (QED) is 0.779. The van der Waals surface area contributed by atoms with Crippen LogP contribution in [0.5, 0.6) is 5.75 Å². The molecule has 2 aliphatic rings. The number of amides is 1. The minimum atomic E-state index is -0.295. The van der Waals surface area contributed by atoms with Crippen molar-refractivity contribution in [2.45, 2.75) is 25.0 Å². The molecular formula is C14H16FNO3. The molecule has 1 aromatic carbocycles. The van der Waals surface area contributed by atoms with E-state index in [2.05, 4.69) is 0 Å². The molecule has 2 saturated heterocycles. The lowest BCUT2D eigenvalue weighted by Gasteiger charge is -2.31. The summed E-state index contributed by atoms with van der Waals surface area (Å²) < 4.78 is 23.8. The number of piperidine rings is 1. The minimum Gasteiger partial charge on any atom is -0.490 e. The molecule has 0 N–H and O–H groups in total. The zero-order chi connectivity index (χ0) is 13.2. The molecule has 0 saturated carbocycles. The summed E-state index contributed by atoms with van der Waals surface area (Å²) in [5.41, 5.74) is 0. The second-order valence-electron chi connectivity index (χ2n) is 4.92. The fourth-order valence-electron chi connectivity index (χ4n) is 2.32.